The van der Waals surface area contributed by atoms with Crippen LogP contribution in [0.3, 0.4) is 0 Å². The molecule has 0 aliphatic carbocycles. The van der Waals surface area contributed by atoms with Gasteiger partial charge in [-0.1, -0.05) is 501 Å². The molecule has 0 aliphatic heterocycles. The number of esters is 1. The quantitative estimate of drug-likeness (QED) is 0.0320. The predicted molar refractivity (Wildman–Crippen MR) is 430 cm³/mol. The molecule has 3 N–H and O–H groups in total. The summed E-state index contributed by atoms with van der Waals surface area (Å²) in [5, 5.41) is 23.4. The zero-order chi connectivity index (χ0) is 69.8. The normalized spacial score (nSPS) is 12.4. The lowest BCUT2D eigenvalue weighted by Crippen LogP contribution is -2.45. The first-order chi connectivity index (χ1) is 48.0. The summed E-state index contributed by atoms with van der Waals surface area (Å²) in [7, 11) is 0. The predicted octanol–water partition coefficient (Wildman–Crippen LogP) is 30.6. The maximum atomic E-state index is 12.6. The average Bonchev–Trinajstić information content (AvgIpc) is 2.45. The number of carbonyl (C=O) groups is 2. The van der Waals surface area contributed by atoms with E-state index in [-0.39, 0.29) is 18.5 Å². The van der Waals surface area contributed by atoms with Gasteiger partial charge in [0.25, 0.3) is 0 Å². The molecule has 97 heavy (non-hydrogen) atoms. The molecule has 1 amide bonds. The van der Waals surface area contributed by atoms with Crippen molar-refractivity contribution in [3.05, 3.63) is 12.2 Å². The van der Waals surface area contributed by atoms with Crippen LogP contribution in [-0.2, 0) is 14.3 Å². The number of amides is 1. The molecule has 0 aromatic carbocycles. The van der Waals surface area contributed by atoms with Gasteiger partial charge in [0.05, 0.1) is 25.4 Å². The first kappa shape index (κ1) is 95.6. The van der Waals surface area contributed by atoms with Crippen LogP contribution in [-0.4, -0.2) is 47.4 Å². The Labute approximate surface area is 609 Å². The van der Waals surface area contributed by atoms with Crippen LogP contribution in [0.1, 0.15) is 534 Å². The Morgan fingerprint density at radius 1 is 0.278 bits per heavy atom. The smallest absolute Gasteiger partial charge is 0.305 e. The van der Waals surface area contributed by atoms with Crippen molar-refractivity contribution in [1.82, 2.24) is 5.32 Å². The van der Waals surface area contributed by atoms with E-state index in [0.717, 1.165) is 38.5 Å². The maximum absolute atomic E-state index is 12.6. The Bertz CT molecular complexity index is 1480. The third kappa shape index (κ3) is 83.4. The number of rotatable bonds is 87. The molecule has 0 bridgehead atoms. The number of hydrogen-bond acceptors (Lipinski definition) is 5. The van der Waals surface area contributed by atoms with Gasteiger partial charge in [0, 0.05) is 12.8 Å². The van der Waals surface area contributed by atoms with E-state index >= 15 is 0 Å². The van der Waals surface area contributed by atoms with Crippen LogP contribution in [0.4, 0.5) is 0 Å². The minimum absolute atomic E-state index is 0.0292. The third-order valence-corrected chi connectivity index (χ3v) is 21.8. The first-order valence-corrected chi connectivity index (χ1v) is 45.5. The summed E-state index contributed by atoms with van der Waals surface area (Å²) in [5.41, 5.74) is 0. The van der Waals surface area contributed by atoms with E-state index in [1.165, 1.54) is 469 Å². The summed E-state index contributed by atoms with van der Waals surface area (Å²) >= 11 is 0. The summed E-state index contributed by atoms with van der Waals surface area (Å²) in [5.74, 6) is -0.0265. The molecule has 0 rings (SSSR count). The number of aliphatic hydroxyl groups excluding tert-OH is 2. The fourth-order valence-electron chi connectivity index (χ4n) is 14.9. The Morgan fingerprint density at radius 2 is 0.474 bits per heavy atom. The van der Waals surface area contributed by atoms with Gasteiger partial charge in [-0.15, -0.1) is 0 Å². The molecule has 6 nitrogen and oxygen atoms in total. The fraction of sp³-hybridized carbons (Fsp3) is 0.956. The van der Waals surface area contributed by atoms with Crippen LogP contribution < -0.4 is 5.32 Å². The van der Waals surface area contributed by atoms with Crippen LogP contribution in [0, 0.1) is 0 Å². The monoisotopic (exact) mass is 1370 g/mol. The van der Waals surface area contributed by atoms with Crippen LogP contribution in [0.2, 0.25) is 0 Å². The second-order valence-electron chi connectivity index (χ2n) is 31.7. The van der Waals surface area contributed by atoms with E-state index in [1.807, 2.05) is 6.08 Å². The highest BCUT2D eigenvalue weighted by molar-refractivity contribution is 5.76. The van der Waals surface area contributed by atoms with Gasteiger partial charge in [0.2, 0.25) is 5.91 Å². The van der Waals surface area contributed by atoms with Crippen LogP contribution >= 0.6 is 0 Å². The molecular formula is C91H179NO5. The topological polar surface area (TPSA) is 95.9 Å². The third-order valence-electron chi connectivity index (χ3n) is 21.8. The van der Waals surface area contributed by atoms with Crippen LogP contribution in [0.15, 0.2) is 12.2 Å². The van der Waals surface area contributed by atoms with Crippen molar-refractivity contribution < 1.29 is 24.5 Å². The molecule has 0 heterocycles. The van der Waals surface area contributed by atoms with E-state index in [2.05, 4.69) is 19.2 Å². The fourth-order valence-corrected chi connectivity index (χ4v) is 14.9. The Hall–Kier alpha value is -1.40. The largest absolute Gasteiger partial charge is 0.466 e. The van der Waals surface area contributed by atoms with Gasteiger partial charge >= 0.3 is 5.97 Å². The van der Waals surface area contributed by atoms with Gasteiger partial charge in [-0.3, -0.25) is 9.59 Å². The number of ether oxygens (including phenoxy) is 1. The number of carbonyl (C=O) groups excluding carboxylic acids is 2. The number of allylic oxidation sites excluding steroid dienone is 1. The van der Waals surface area contributed by atoms with Gasteiger partial charge in [0.15, 0.2) is 0 Å². The molecule has 0 aromatic heterocycles. The molecule has 0 radical (unpaired) electrons. The SMILES string of the molecule is CCCCCCCCCCCCCCCCCCCCCCCCC/C=C/C(O)C(CO)NC(=O)CCCCCCCCCCCCCCCCCCCCCCCCCCCCCCCCCCCCCCCOC(=O)CCCCCCCCCCCCCCCCCCCC. The molecule has 578 valence electrons. The second-order valence-corrected chi connectivity index (χ2v) is 31.7. The van der Waals surface area contributed by atoms with Gasteiger partial charge in [-0.25, -0.2) is 0 Å². The molecular weight excluding hydrogens is 1190 g/mol. The number of unbranched alkanes of at least 4 members (excludes halogenated alkanes) is 76. The van der Waals surface area contributed by atoms with E-state index in [9.17, 15) is 19.8 Å². The molecule has 0 saturated carbocycles. The molecule has 6 heteroatoms. The lowest BCUT2D eigenvalue weighted by Gasteiger charge is -2.20. The van der Waals surface area contributed by atoms with E-state index in [0.29, 0.717) is 19.4 Å². The lowest BCUT2D eigenvalue weighted by atomic mass is 10.0. The number of nitrogens with one attached hydrogen (secondary N) is 1. The molecule has 0 aliphatic rings. The van der Waals surface area contributed by atoms with E-state index < -0.39 is 12.1 Å². The molecule has 0 saturated heterocycles. The summed E-state index contributed by atoms with van der Waals surface area (Å²) in [4.78, 5) is 24.7. The Morgan fingerprint density at radius 3 is 0.701 bits per heavy atom. The van der Waals surface area contributed by atoms with Crippen molar-refractivity contribution in [2.75, 3.05) is 13.2 Å². The van der Waals surface area contributed by atoms with E-state index in [4.69, 9.17) is 4.74 Å². The molecule has 0 fully saturated rings. The highest BCUT2D eigenvalue weighted by Crippen LogP contribution is 2.22. The Kier molecular flexibility index (Phi) is 85.7. The molecule has 0 spiro atoms. The van der Waals surface area contributed by atoms with Crippen molar-refractivity contribution in [2.45, 2.75) is 546 Å². The summed E-state index contributed by atoms with van der Waals surface area (Å²) in [6, 6.07) is -0.625. The van der Waals surface area contributed by atoms with Crippen LogP contribution in [0.25, 0.3) is 0 Å². The molecule has 0 aromatic rings. The highest BCUT2D eigenvalue weighted by atomic mass is 16.5. The lowest BCUT2D eigenvalue weighted by molar-refractivity contribution is -0.143. The zero-order valence-corrected chi connectivity index (χ0v) is 66.6. The zero-order valence-electron chi connectivity index (χ0n) is 66.6. The van der Waals surface area contributed by atoms with Crippen molar-refractivity contribution in [3.8, 4) is 0 Å². The summed E-state index contributed by atoms with van der Waals surface area (Å²) in [6.07, 6.45) is 113. The number of hydrogen-bond donors (Lipinski definition) is 3. The minimum Gasteiger partial charge on any atom is -0.466 e. The summed E-state index contributed by atoms with van der Waals surface area (Å²) in [6.45, 7) is 4.98. The maximum Gasteiger partial charge on any atom is 0.305 e. The number of aliphatic hydroxyl groups is 2. The highest BCUT2D eigenvalue weighted by Gasteiger charge is 2.18. The van der Waals surface area contributed by atoms with Crippen LogP contribution in [0.5, 0.6) is 0 Å². The second kappa shape index (κ2) is 87.0. The summed E-state index contributed by atoms with van der Waals surface area (Å²) < 4.78 is 5.53. The van der Waals surface area contributed by atoms with Gasteiger partial charge in [0.1, 0.15) is 0 Å². The van der Waals surface area contributed by atoms with Crippen molar-refractivity contribution in [3.63, 3.8) is 0 Å². The van der Waals surface area contributed by atoms with Crippen molar-refractivity contribution in [2.24, 2.45) is 0 Å². The first-order valence-electron chi connectivity index (χ1n) is 45.5. The molecule has 2 atom stereocenters. The van der Waals surface area contributed by atoms with E-state index in [1.54, 1.807) is 6.08 Å². The molecule has 2 unspecified atom stereocenters. The standard InChI is InChI=1S/C91H179NO5/c1-3-5-7-9-11-13-15-17-19-21-23-24-25-39-42-45-48-51-55-59-63-67-71-75-79-83-89(94)88(87-93)92-90(95)84-80-76-72-68-64-60-56-52-49-46-43-40-37-35-33-31-29-27-26-28-30-32-34-36-38-41-44-47-50-54-58-62-66-70-74-78-82-86-97-91(96)85-81-77-73-69-65-61-57-53-22-20-18-16-14-12-10-8-6-4-2/h79,83,88-89,93-94H,3-78,80-82,84-87H2,1-2H3,(H,92,95)/b83-79+. The van der Waals surface area contributed by atoms with Gasteiger partial charge in [-0.05, 0) is 32.1 Å². The van der Waals surface area contributed by atoms with Crippen molar-refractivity contribution in [1.29, 1.82) is 0 Å². The van der Waals surface area contributed by atoms with Gasteiger partial charge < -0.3 is 20.3 Å². The van der Waals surface area contributed by atoms with Crippen molar-refractivity contribution >= 4 is 11.9 Å². The average molecular weight is 1370 g/mol. The van der Waals surface area contributed by atoms with Gasteiger partial charge in [-0.2, -0.15) is 0 Å². The minimum atomic E-state index is -0.842. The Balaban J connectivity index is 3.31.